The number of aliphatic hydroxyl groups is 1. The Morgan fingerprint density at radius 2 is 2.05 bits per heavy atom. The quantitative estimate of drug-likeness (QED) is 0.696. The second-order valence-electron chi connectivity index (χ2n) is 4.62. The van der Waals surface area contributed by atoms with Gasteiger partial charge in [0.1, 0.15) is 5.56 Å². The van der Waals surface area contributed by atoms with Crippen molar-refractivity contribution in [1.82, 2.24) is 9.97 Å². The number of hydrogen-bond donors (Lipinski definition) is 3. The second kappa shape index (κ2) is 5.88. The highest BCUT2D eigenvalue weighted by atomic mass is 16.6. The molecule has 1 aromatic rings. The fourth-order valence-electron chi connectivity index (χ4n) is 2.21. The molecule has 0 spiro atoms. The van der Waals surface area contributed by atoms with E-state index in [2.05, 4.69) is 16.9 Å². The molecule has 3 N–H and O–H groups in total. The fourth-order valence-corrected chi connectivity index (χ4v) is 2.21. The van der Waals surface area contributed by atoms with Crippen molar-refractivity contribution in [1.29, 1.82) is 0 Å². The Hall–Kier alpha value is -1.82. The van der Waals surface area contributed by atoms with Crippen LogP contribution in [0.4, 0.5) is 0 Å². The molecule has 0 aliphatic carbocycles. The zero-order valence-electron chi connectivity index (χ0n) is 10.9. The van der Waals surface area contributed by atoms with Gasteiger partial charge < -0.3 is 9.84 Å². The summed E-state index contributed by atoms with van der Waals surface area (Å²) < 4.78 is 5.05. The van der Waals surface area contributed by atoms with E-state index in [1.807, 2.05) is 0 Å². The molecule has 0 amide bonds. The molecule has 0 saturated heterocycles. The monoisotopic (exact) mass is 266 g/mol. The maximum atomic E-state index is 11.8. The summed E-state index contributed by atoms with van der Waals surface area (Å²) in [6, 6.07) is 0. The molecular weight excluding hydrogens is 248 g/mol. The number of allylic oxidation sites excluding steroid dienone is 1. The minimum absolute atomic E-state index is 0.0502. The second-order valence-corrected chi connectivity index (χ2v) is 4.62. The first-order valence-corrected chi connectivity index (χ1v) is 6.54. The number of aromatic nitrogens is 2. The summed E-state index contributed by atoms with van der Waals surface area (Å²) in [4.78, 5) is 27.6. The predicted octanol–water partition coefficient (Wildman–Crippen LogP) is 1.13. The Morgan fingerprint density at radius 3 is 2.79 bits per heavy atom. The minimum atomic E-state index is -1.12. The average molecular weight is 266 g/mol. The van der Waals surface area contributed by atoms with Crippen LogP contribution in [0.2, 0.25) is 0 Å². The molecule has 6 nitrogen and oxygen atoms in total. The number of ether oxygens (including phenoxy) is 1. The molecular formula is C13H18N2O4. The summed E-state index contributed by atoms with van der Waals surface area (Å²) in [5.74, 6) is 0.0502. The van der Waals surface area contributed by atoms with Crippen molar-refractivity contribution >= 4 is 5.57 Å². The standard InChI is InChI=1S/C13H18N2O4/c1-2-3-4-5-6-8-7-9(16)19-12-10(8)11(17)14-13(18)15-12/h7,9,16H,2-6H2,1H3,(H2,14,15,17,18). The number of rotatable bonds is 5. The Morgan fingerprint density at radius 1 is 1.26 bits per heavy atom. The highest BCUT2D eigenvalue weighted by molar-refractivity contribution is 5.70. The number of aliphatic hydroxyl groups excluding tert-OH is 1. The van der Waals surface area contributed by atoms with E-state index < -0.39 is 17.5 Å². The average Bonchev–Trinajstić information content (AvgIpc) is 2.33. The van der Waals surface area contributed by atoms with Crippen LogP contribution in [0.1, 0.15) is 44.6 Å². The lowest BCUT2D eigenvalue weighted by atomic mass is 9.99. The zero-order valence-corrected chi connectivity index (χ0v) is 10.9. The summed E-state index contributed by atoms with van der Waals surface area (Å²) in [7, 11) is 0. The van der Waals surface area contributed by atoms with Gasteiger partial charge in [0, 0.05) is 0 Å². The van der Waals surface area contributed by atoms with Gasteiger partial charge in [-0.05, 0) is 24.5 Å². The Kier molecular flexibility index (Phi) is 4.21. The van der Waals surface area contributed by atoms with Gasteiger partial charge in [-0.25, -0.2) is 4.79 Å². The van der Waals surface area contributed by atoms with Gasteiger partial charge in [0.2, 0.25) is 12.2 Å². The van der Waals surface area contributed by atoms with E-state index in [1.165, 1.54) is 6.08 Å². The van der Waals surface area contributed by atoms with Gasteiger partial charge >= 0.3 is 5.69 Å². The summed E-state index contributed by atoms with van der Waals surface area (Å²) in [6.45, 7) is 2.13. The van der Waals surface area contributed by atoms with Crippen LogP contribution in [0.3, 0.4) is 0 Å². The van der Waals surface area contributed by atoms with Crippen molar-refractivity contribution in [3.63, 3.8) is 0 Å². The predicted molar refractivity (Wildman–Crippen MR) is 71.1 cm³/mol. The number of fused-ring (bicyclic) bond motifs is 1. The van der Waals surface area contributed by atoms with Crippen LogP contribution < -0.4 is 16.0 Å². The lowest BCUT2D eigenvalue weighted by molar-refractivity contribution is 0.0181. The minimum Gasteiger partial charge on any atom is -0.445 e. The van der Waals surface area contributed by atoms with E-state index in [0.29, 0.717) is 12.0 Å². The molecule has 0 fully saturated rings. The molecule has 1 aliphatic heterocycles. The van der Waals surface area contributed by atoms with E-state index >= 15 is 0 Å². The molecule has 104 valence electrons. The highest BCUT2D eigenvalue weighted by Gasteiger charge is 2.22. The first-order valence-electron chi connectivity index (χ1n) is 6.54. The number of hydrogen-bond acceptors (Lipinski definition) is 4. The highest BCUT2D eigenvalue weighted by Crippen LogP contribution is 2.29. The first kappa shape index (κ1) is 13.6. The third-order valence-corrected chi connectivity index (χ3v) is 3.11. The third-order valence-electron chi connectivity index (χ3n) is 3.11. The van der Waals surface area contributed by atoms with Gasteiger partial charge in [0.25, 0.3) is 5.56 Å². The number of nitrogens with one attached hydrogen (secondary N) is 2. The van der Waals surface area contributed by atoms with Crippen LogP contribution in [-0.2, 0) is 0 Å². The van der Waals surface area contributed by atoms with Crippen LogP contribution in [0, 0.1) is 0 Å². The lowest BCUT2D eigenvalue weighted by Crippen LogP contribution is -2.31. The Bertz CT molecular complexity index is 585. The summed E-state index contributed by atoms with van der Waals surface area (Å²) in [5.41, 5.74) is -0.0701. The van der Waals surface area contributed by atoms with E-state index in [-0.39, 0.29) is 5.88 Å². The molecule has 1 aliphatic rings. The molecule has 0 saturated carbocycles. The smallest absolute Gasteiger partial charge is 0.328 e. The Labute approximate surface area is 110 Å². The molecule has 19 heavy (non-hydrogen) atoms. The van der Waals surface area contributed by atoms with E-state index in [4.69, 9.17) is 4.74 Å². The maximum absolute atomic E-state index is 11.8. The van der Waals surface area contributed by atoms with Crippen LogP contribution in [-0.4, -0.2) is 21.4 Å². The first-order chi connectivity index (χ1) is 9.11. The Balaban J connectivity index is 2.25. The van der Waals surface area contributed by atoms with Gasteiger partial charge in [0.05, 0.1) is 0 Å². The molecule has 2 rings (SSSR count). The van der Waals surface area contributed by atoms with Gasteiger partial charge in [-0.2, -0.15) is 0 Å². The van der Waals surface area contributed by atoms with Gasteiger partial charge in [-0.3, -0.25) is 14.8 Å². The summed E-state index contributed by atoms with van der Waals surface area (Å²) >= 11 is 0. The summed E-state index contributed by atoms with van der Waals surface area (Å²) in [5, 5.41) is 9.58. The zero-order chi connectivity index (χ0) is 13.8. The maximum Gasteiger partial charge on any atom is 0.328 e. The van der Waals surface area contributed by atoms with Crippen molar-refractivity contribution < 1.29 is 9.84 Å². The molecule has 1 atom stereocenters. The fraction of sp³-hybridized carbons (Fsp3) is 0.538. The van der Waals surface area contributed by atoms with Crippen molar-refractivity contribution in [3.8, 4) is 5.88 Å². The van der Waals surface area contributed by atoms with E-state index in [1.54, 1.807) is 0 Å². The molecule has 0 aromatic carbocycles. The topological polar surface area (TPSA) is 95.2 Å². The lowest BCUT2D eigenvalue weighted by Gasteiger charge is -2.20. The molecule has 2 heterocycles. The molecule has 6 heteroatoms. The van der Waals surface area contributed by atoms with Gasteiger partial charge in [-0.1, -0.05) is 26.2 Å². The van der Waals surface area contributed by atoms with Crippen LogP contribution in [0.5, 0.6) is 5.88 Å². The molecule has 0 bridgehead atoms. The molecule has 1 aromatic heterocycles. The molecule has 0 radical (unpaired) electrons. The van der Waals surface area contributed by atoms with E-state index in [0.717, 1.165) is 31.3 Å². The number of H-pyrrole nitrogens is 2. The van der Waals surface area contributed by atoms with Crippen molar-refractivity contribution in [2.75, 3.05) is 0 Å². The van der Waals surface area contributed by atoms with Crippen molar-refractivity contribution in [2.24, 2.45) is 0 Å². The normalized spacial score (nSPS) is 17.6. The van der Waals surface area contributed by atoms with Crippen LogP contribution >= 0.6 is 0 Å². The van der Waals surface area contributed by atoms with E-state index in [9.17, 15) is 14.7 Å². The number of unbranched alkanes of at least 4 members (excludes halogenated alkanes) is 3. The SMILES string of the molecule is CCCCCCC1=CC(O)Oc2[nH]c(=O)[nH]c(=O)c21. The number of aromatic amines is 2. The molecule has 1 unspecified atom stereocenters. The largest absolute Gasteiger partial charge is 0.445 e. The van der Waals surface area contributed by atoms with Gasteiger partial charge in [-0.15, -0.1) is 0 Å². The van der Waals surface area contributed by atoms with Crippen LogP contribution in [0.25, 0.3) is 5.57 Å². The van der Waals surface area contributed by atoms with Crippen molar-refractivity contribution in [3.05, 3.63) is 32.5 Å². The summed E-state index contributed by atoms with van der Waals surface area (Å²) in [6.07, 6.45) is 5.36. The third kappa shape index (κ3) is 3.14. The van der Waals surface area contributed by atoms with Crippen LogP contribution in [0.15, 0.2) is 15.7 Å². The van der Waals surface area contributed by atoms with Gasteiger partial charge in [0.15, 0.2) is 0 Å². The van der Waals surface area contributed by atoms with Crippen molar-refractivity contribution in [2.45, 2.75) is 45.3 Å².